The van der Waals surface area contributed by atoms with Crippen LogP contribution in [0.2, 0.25) is 0 Å². The smallest absolute Gasteiger partial charge is 0.0643 e. The summed E-state index contributed by atoms with van der Waals surface area (Å²) in [5.74, 6) is 0. The molecule has 0 radical (unpaired) electrons. The van der Waals surface area contributed by atoms with E-state index in [9.17, 15) is 0 Å². The fraction of sp³-hybridized carbons (Fsp3) is 1.00. The van der Waals surface area contributed by atoms with Gasteiger partial charge in [0.15, 0.2) is 0 Å². The van der Waals surface area contributed by atoms with E-state index in [1.165, 1.54) is 89.9 Å². The average molecular weight is 522 g/mol. The molecular formula is C20H48O3P6. The van der Waals surface area contributed by atoms with Crippen LogP contribution in [0, 0.1) is 0 Å². The highest BCUT2D eigenvalue weighted by Crippen LogP contribution is 2.55. The lowest BCUT2D eigenvalue weighted by atomic mass is 10.0. The Morgan fingerprint density at radius 2 is 1.21 bits per heavy atom. The van der Waals surface area contributed by atoms with Crippen molar-refractivity contribution in [1.29, 1.82) is 0 Å². The second-order valence-corrected chi connectivity index (χ2v) is 15.1. The highest BCUT2D eigenvalue weighted by atomic mass is 32.4. The van der Waals surface area contributed by atoms with Gasteiger partial charge in [0, 0.05) is 18.0 Å². The van der Waals surface area contributed by atoms with E-state index in [1.807, 2.05) is 0 Å². The summed E-state index contributed by atoms with van der Waals surface area (Å²) in [5.41, 5.74) is 0. The van der Waals surface area contributed by atoms with Crippen LogP contribution in [0.1, 0.15) is 110 Å². The van der Waals surface area contributed by atoms with Crippen LogP contribution >= 0.6 is 52.3 Å². The molecule has 0 spiro atoms. The Labute approximate surface area is 194 Å². The zero-order valence-corrected chi connectivity index (χ0v) is 25.3. The van der Waals surface area contributed by atoms with Gasteiger partial charge in [-0.05, 0) is 38.5 Å². The number of hydrogen-bond donors (Lipinski definition) is 0. The van der Waals surface area contributed by atoms with E-state index < -0.39 is 7.53 Å². The van der Waals surface area contributed by atoms with Gasteiger partial charge in [0.25, 0.3) is 0 Å². The first-order valence-electron chi connectivity index (χ1n) is 11.5. The SMILES string of the molecule is CCCCC(CCCCCCC(CCCCCC(CC)OP(P)P)OPP)OP. The van der Waals surface area contributed by atoms with Crippen molar-refractivity contribution in [2.75, 3.05) is 0 Å². The Balaban J connectivity index is 3.78. The highest BCUT2D eigenvalue weighted by Gasteiger charge is 2.11. The van der Waals surface area contributed by atoms with Gasteiger partial charge in [-0.25, -0.2) is 0 Å². The van der Waals surface area contributed by atoms with Crippen LogP contribution in [-0.2, 0) is 13.6 Å². The second kappa shape index (κ2) is 23.6. The van der Waals surface area contributed by atoms with Crippen LogP contribution in [-0.4, -0.2) is 18.3 Å². The van der Waals surface area contributed by atoms with Crippen molar-refractivity contribution in [3.05, 3.63) is 0 Å². The Hall–Kier alpha value is 2.46. The molecule has 0 aliphatic carbocycles. The van der Waals surface area contributed by atoms with Crippen LogP contribution in [0.15, 0.2) is 0 Å². The van der Waals surface area contributed by atoms with E-state index in [0.717, 1.165) is 6.42 Å². The predicted octanol–water partition coefficient (Wildman–Crippen LogP) is 9.18. The molecule has 0 aromatic rings. The van der Waals surface area contributed by atoms with Crippen LogP contribution in [0.3, 0.4) is 0 Å². The first-order valence-corrected chi connectivity index (χ1v) is 19.2. The molecule has 9 heteroatoms. The molecule has 0 saturated carbocycles. The number of unbranched alkanes of at least 4 members (excludes halogenated alkanes) is 6. The molecule has 0 amide bonds. The zero-order chi connectivity index (χ0) is 21.7. The Morgan fingerprint density at radius 3 is 1.66 bits per heavy atom. The van der Waals surface area contributed by atoms with Gasteiger partial charge in [0.2, 0.25) is 0 Å². The predicted molar refractivity (Wildman–Crippen MR) is 149 cm³/mol. The largest absolute Gasteiger partial charge is 0.362 e. The summed E-state index contributed by atoms with van der Waals surface area (Å²) in [6.07, 6.45) is 20.0. The average Bonchev–Trinajstić information content (AvgIpc) is 2.71. The summed E-state index contributed by atoms with van der Waals surface area (Å²) in [6, 6.07) is 0. The zero-order valence-electron chi connectivity index (χ0n) is 18.8. The molecule has 29 heavy (non-hydrogen) atoms. The van der Waals surface area contributed by atoms with Crippen LogP contribution < -0.4 is 0 Å². The molecule has 3 nitrogen and oxygen atoms in total. The van der Waals surface area contributed by atoms with Crippen molar-refractivity contribution in [2.24, 2.45) is 0 Å². The van der Waals surface area contributed by atoms with Crippen molar-refractivity contribution < 1.29 is 13.6 Å². The molecule has 0 rings (SSSR count). The van der Waals surface area contributed by atoms with E-state index in [2.05, 4.69) is 50.1 Å². The van der Waals surface area contributed by atoms with Gasteiger partial charge in [-0.3, -0.25) is 0 Å². The topological polar surface area (TPSA) is 27.7 Å². The molecular weight excluding hydrogens is 474 g/mol. The molecule has 0 aliphatic heterocycles. The molecule has 0 saturated heterocycles. The molecule has 0 aliphatic rings. The van der Waals surface area contributed by atoms with Crippen molar-refractivity contribution in [3.63, 3.8) is 0 Å². The monoisotopic (exact) mass is 522 g/mol. The lowest BCUT2D eigenvalue weighted by Crippen LogP contribution is -2.09. The standard InChI is InChI=1S/C20H48O3P6/c1-3-5-13-19(21-24)15-9-6-7-10-16-20(22-28-25)17-12-8-11-14-18(4-2)23-29(26)27/h18-20,28H,3-17,24-27H2,1-2H3. The molecule has 0 aromatic heterocycles. The van der Waals surface area contributed by atoms with Gasteiger partial charge in [-0.2, -0.15) is 0 Å². The molecule has 176 valence electrons. The van der Waals surface area contributed by atoms with E-state index in [-0.39, 0.29) is 0 Å². The lowest BCUT2D eigenvalue weighted by molar-refractivity contribution is 0.193. The van der Waals surface area contributed by atoms with Crippen molar-refractivity contribution in [3.8, 4) is 0 Å². The van der Waals surface area contributed by atoms with Crippen molar-refractivity contribution in [1.82, 2.24) is 0 Å². The molecule has 0 fully saturated rings. The first kappa shape index (κ1) is 31.5. The molecule has 8 atom stereocenters. The summed E-state index contributed by atoms with van der Waals surface area (Å²) < 4.78 is 17.5. The van der Waals surface area contributed by atoms with Crippen molar-refractivity contribution >= 4 is 52.3 Å². The van der Waals surface area contributed by atoms with E-state index in [1.54, 1.807) is 0 Å². The second-order valence-electron chi connectivity index (χ2n) is 7.88. The fourth-order valence-electron chi connectivity index (χ4n) is 3.59. The van der Waals surface area contributed by atoms with Crippen LogP contribution in [0.25, 0.3) is 0 Å². The van der Waals surface area contributed by atoms with Gasteiger partial charge in [-0.1, -0.05) is 98.4 Å². The molecule has 0 N–H and O–H groups in total. The third kappa shape index (κ3) is 20.8. The minimum Gasteiger partial charge on any atom is -0.362 e. The number of rotatable bonds is 22. The summed E-state index contributed by atoms with van der Waals surface area (Å²) in [7, 11) is 10.8. The minimum atomic E-state index is -0.401. The maximum atomic E-state index is 5.99. The van der Waals surface area contributed by atoms with Crippen LogP contribution in [0.5, 0.6) is 0 Å². The summed E-state index contributed by atoms with van der Waals surface area (Å²) in [5, 5.41) is 0. The van der Waals surface area contributed by atoms with Gasteiger partial charge in [0.05, 0.1) is 25.8 Å². The normalized spacial score (nSPS) is 15.4. The molecule has 0 bridgehead atoms. The molecule has 0 heterocycles. The quantitative estimate of drug-likeness (QED) is 0.105. The van der Waals surface area contributed by atoms with Gasteiger partial charge < -0.3 is 13.6 Å². The van der Waals surface area contributed by atoms with E-state index in [4.69, 9.17) is 13.6 Å². The van der Waals surface area contributed by atoms with E-state index >= 15 is 0 Å². The summed E-state index contributed by atoms with van der Waals surface area (Å²) in [6.45, 7) is 4.47. The number of hydrogen-bond acceptors (Lipinski definition) is 3. The maximum Gasteiger partial charge on any atom is 0.0643 e. The Kier molecular flexibility index (Phi) is 25.6. The third-order valence-electron chi connectivity index (χ3n) is 5.39. The maximum absolute atomic E-state index is 5.99. The highest BCUT2D eigenvalue weighted by molar-refractivity contribution is 8.41. The third-order valence-corrected chi connectivity index (χ3v) is 7.92. The Morgan fingerprint density at radius 1 is 0.724 bits per heavy atom. The Bertz CT molecular complexity index is 339. The minimum absolute atomic E-state index is 0.401. The van der Waals surface area contributed by atoms with Gasteiger partial charge in [-0.15, -0.1) is 0 Å². The van der Waals surface area contributed by atoms with Gasteiger partial charge in [0.1, 0.15) is 0 Å². The summed E-state index contributed by atoms with van der Waals surface area (Å²) in [4.78, 5) is 0. The molecule has 8 unspecified atom stereocenters. The van der Waals surface area contributed by atoms with E-state index in [0.29, 0.717) is 26.8 Å². The van der Waals surface area contributed by atoms with Gasteiger partial charge >= 0.3 is 0 Å². The lowest BCUT2D eigenvalue weighted by Gasteiger charge is -2.19. The fourth-order valence-corrected chi connectivity index (χ4v) is 6.50. The molecule has 0 aromatic carbocycles. The first-order chi connectivity index (χ1) is 14.1. The van der Waals surface area contributed by atoms with Crippen LogP contribution in [0.4, 0.5) is 0 Å². The van der Waals surface area contributed by atoms with Crippen molar-refractivity contribution in [2.45, 2.75) is 128 Å². The summed E-state index contributed by atoms with van der Waals surface area (Å²) >= 11 is 0.